The van der Waals surface area contributed by atoms with Crippen LogP contribution in [0.5, 0.6) is 0 Å². The van der Waals surface area contributed by atoms with E-state index in [9.17, 15) is 9.18 Å². The lowest BCUT2D eigenvalue weighted by molar-refractivity contribution is -0.139. The molecule has 4 heteroatoms. The van der Waals surface area contributed by atoms with E-state index in [0.717, 1.165) is 10.9 Å². The van der Waals surface area contributed by atoms with Gasteiger partial charge in [0, 0.05) is 18.0 Å². The third-order valence-electron chi connectivity index (χ3n) is 2.68. The highest BCUT2D eigenvalue weighted by molar-refractivity contribution is 5.88. The van der Waals surface area contributed by atoms with Crippen molar-refractivity contribution in [2.45, 2.75) is 6.42 Å². The molecule has 0 spiro atoms. The van der Waals surface area contributed by atoms with E-state index in [4.69, 9.17) is 0 Å². The first-order chi connectivity index (χ1) is 7.65. The van der Waals surface area contributed by atoms with Crippen molar-refractivity contribution in [2.24, 2.45) is 7.05 Å². The minimum absolute atomic E-state index is 0.0380. The van der Waals surface area contributed by atoms with Crippen LogP contribution in [-0.4, -0.2) is 17.6 Å². The summed E-state index contributed by atoms with van der Waals surface area (Å²) in [5.74, 6) is -0.818. The summed E-state index contributed by atoms with van der Waals surface area (Å²) >= 11 is 0. The van der Waals surface area contributed by atoms with Gasteiger partial charge in [-0.25, -0.2) is 0 Å². The number of rotatable bonds is 2. The Bertz CT molecular complexity index is 545. The maximum absolute atomic E-state index is 13.9. The highest BCUT2D eigenvalue weighted by Gasteiger charge is 2.17. The zero-order valence-electron chi connectivity index (χ0n) is 9.16. The summed E-state index contributed by atoms with van der Waals surface area (Å²) in [6, 6.07) is 7.28. The Balaban J connectivity index is 2.59. The highest BCUT2D eigenvalue weighted by atomic mass is 19.1. The second-order valence-electron chi connectivity index (χ2n) is 3.60. The molecule has 1 heterocycles. The van der Waals surface area contributed by atoms with E-state index in [0.29, 0.717) is 5.56 Å². The van der Waals surface area contributed by atoms with Gasteiger partial charge in [0.2, 0.25) is 0 Å². The molecular weight excluding hydrogens is 209 g/mol. The average Bonchev–Trinajstić information content (AvgIpc) is 2.55. The third kappa shape index (κ3) is 1.56. The van der Waals surface area contributed by atoms with E-state index in [-0.39, 0.29) is 12.4 Å². The fourth-order valence-electron chi connectivity index (χ4n) is 1.83. The van der Waals surface area contributed by atoms with Gasteiger partial charge in [0.1, 0.15) is 0 Å². The fourth-order valence-corrected chi connectivity index (χ4v) is 1.83. The molecule has 0 amide bonds. The molecule has 84 valence electrons. The number of fused-ring (bicyclic) bond motifs is 1. The highest BCUT2D eigenvalue weighted by Crippen LogP contribution is 2.24. The summed E-state index contributed by atoms with van der Waals surface area (Å²) in [6.07, 6.45) is -0.0380. The van der Waals surface area contributed by atoms with Crippen LogP contribution in [0.1, 0.15) is 5.56 Å². The summed E-state index contributed by atoms with van der Waals surface area (Å²) in [6.45, 7) is 0. The number of aromatic nitrogens is 1. The summed E-state index contributed by atoms with van der Waals surface area (Å²) in [5.41, 5.74) is 1.17. The average molecular weight is 221 g/mol. The van der Waals surface area contributed by atoms with Gasteiger partial charge in [-0.3, -0.25) is 4.79 Å². The summed E-state index contributed by atoms with van der Waals surface area (Å²) in [5, 5.41) is 0.757. The number of nitrogens with zero attached hydrogens (tertiary/aromatic N) is 1. The summed E-state index contributed by atoms with van der Waals surface area (Å²) in [4.78, 5) is 11.2. The molecule has 3 nitrogen and oxygen atoms in total. The van der Waals surface area contributed by atoms with Gasteiger partial charge in [0.15, 0.2) is 5.95 Å². The number of halogens is 1. The molecule has 0 bridgehead atoms. The first kappa shape index (κ1) is 10.7. The zero-order chi connectivity index (χ0) is 11.7. The van der Waals surface area contributed by atoms with Crippen LogP contribution in [0.2, 0.25) is 0 Å². The smallest absolute Gasteiger partial charge is 0.310 e. The zero-order valence-corrected chi connectivity index (χ0v) is 9.16. The van der Waals surface area contributed by atoms with Crippen LogP contribution in [0.15, 0.2) is 24.3 Å². The number of hydrogen-bond acceptors (Lipinski definition) is 2. The molecule has 0 atom stereocenters. The van der Waals surface area contributed by atoms with E-state index >= 15 is 0 Å². The van der Waals surface area contributed by atoms with Gasteiger partial charge in [-0.1, -0.05) is 18.2 Å². The molecule has 0 aliphatic heterocycles. The number of para-hydroxylation sites is 1. The lowest BCUT2D eigenvalue weighted by atomic mass is 10.1. The predicted molar refractivity (Wildman–Crippen MR) is 58.6 cm³/mol. The largest absolute Gasteiger partial charge is 0.469 e. The molecule has 0 aliphatic carbocycles. The van der Waals surface area contributed by atoms with Crippen molar-refractivity contribution in [1.82, 2.24) is 4.57 Å². The number of methoxy groups -OCH3 is 1. The summed E-state index contributed by atoms with van der Waals surface area (Å²) < 4.78 is 19.9. The molecule has 0 fully saturated rings. The second-order valence-corrected chi connectivity index (χ2v) is 3.60. The quantitative estimate of drug-likeness (QED) is 0.726. The van der Waals surface area contributed by atoms with Crippen LogP contribution in [0.4, 0.5) is 4.39 Å². The normalized spacial score (nSPS) is 10.7. The first-order valence-electron chi connectivity index (χ1n) is 4.93. The molecule has 0 unspecified atom stereocenters. The Kier molecular flexibility index (Phi) is 2.64. The fraction of sp³-hybridized carbons (Fsp3) is 0.250. The van der Waals surface area contributed by atoms with Crippen molar-refractivity contribution in [3.8, 4) is 0 Å². The van der Waals surface area contributed by atoms with Gasteiger partial charge < -0.3 is 9.30 Å². The number of ether oxygens (including phenoxy) is 1. The van der Waals surface area contributed by atoms with Gasteiger partial charge in [-0.2, -0.15) is 4.39 Å². The van der Waals surface area contributed by atoms with Gasteiger partial charge in [0.25, 0.3) is 0 Å². The molecule has 1 aromatic heterocycles. The van der Waals surface area contributed by atoms with E-state index in [1.165, 1.54) is 11.7 Å². The molecule has 2 aromatic rings. The molecule has 0 saturated carbocycles. The number of esters is 1. The van der Waals surface area contributed by atoms with Crippen LogP contribution in [0.3, 0.4) is 0 Å². The molecule has 16 heavy (non-hydrogen) atoms. The van der Waals surface area contributed by atoms with E-state index in [1.807, 2.05) is 18.2 Å². The van der Waals surface area contributed by atoms with Crippen molar-refractivity contribution in [3.05, 3.63) is 35.8 Å². The molecule has 2 rings (SSSR count). The number of benzene rings is 1. The number of hydrogen-bond donors (Lipinski definition) is 0. The lowest BCUT2D eigenvalue weighted by Gasteiger charge is -1.98. The van der Waals surface area contributed by atoms with E-state index < -0.39 is 5.97 Å². The first-order valence-corrected chi connectivity index (χ1v) is 4.93. The molecule has 0 N–H and O–H groups in total. The molecular formula is C12H12FNO2. The second kappa shape index (κ2) is 3.96. The molecule has 0 aliphatic rings. The minimum atomic E-state index is -0.435. The minimum Gasteiger partial charge on any atom is -0.469 e. The van der Waals surface area contributed by atoms with E-state index in [2.05, 4.69) is 4.74 Å². The Hall–Kier alpha value is -1.84. The number of carbonyl (C=O) groups excluding carboxylic acids is 1. The Labute approximate surface area is 92.4 Å². The van der Waals surface area contributed by atoms with Gasteiger partial charge in [-0.15, -0.1) is 0 Å². The van der Waals surface area contributed by atoms with Crippen molar-refractivity contribution in [2.75, 3.05) is 7.11 Å². The van der Waals surface area contributed by atoms with Crippen molar-refractivity contribution in [1.29, 1.82) is 0 Å². The van der Waals surface area contributed by atoms with Gasteiger partial charge in [0.05, 0.1) is 19.0 Å². The lowest BCUT2D eigenvalue weighted by Crippen LogP contribution is -2.06. The van der Waals surface area contributed by atoms with Crippen LogP contribution < -0.4 is 0 Å². The Morgan fingerprint density at radius 2 is 2.12 bits per heavy atom. The van der Waals surface area contributed by atoms with Crippen LogP contribution in [-0.2, 0) is 23.0 Å². The van der Waals surface area contributed by atoms with Crippen molar-refractivity contribution < 1.29 is 13.9 Å². The molecule has 1 aromatic carbocycles. The summed E-state index contributed by atoms with van der Waals surface area (Å²) in [7, 11) is 2.93. The van der Waals surface area contributed by atoms with Crippen LogP contribution >= 0.6 is 0 Å². The maximum Gasteiger partial charge on any atom is 0.310 e. The van der Waals surface area contributed by atoms with E-state index in [1.54, 1.807) is 13.1 Å². The monoisotopic (exact) mass is 221 g/mol. The topological polar surface area (TPSA) is 31.2 Å². The van der Waals surface area contributed by atoms with Crippen molar-refractivity contribution >= 4 is 16.9 Å². The maximum atomic E-state index is 13.9. The number of carbonyl (C=O) groups is 1. The third-order valence-corrected chi connectivity index (χ3v) is 2.68. The van der Waals surface area contributed by atoms with Crippen molar-refractivity contribution in [3.63, 3.8) is 0 Å². The molecule has 0 saturated heterocycles. The van der Waals surface area contributed by atoms with Crippen LogP contribution in [0.25, 0.3) is 10.9 Å². The van der Waals surface area contributed by atoms with Gasteiger partial charge >= 0.3 is 5.97 Å². The predicted octanol–water partition coefficient (Wildman–Crippen LogP) is 2.03. The van der Waals surface area contributed by atoms with Gasteiger partial charge in [-0.05, 0) is 6.07 Å². The SMILES string of the molecule is COC(=O)Cc1c(F)n(C)c2ccccc12. The number of aryl methyl sites for hydroxylation is 1. The molecule has 0 radical (unpaired) electrons. The Morgan fingerprint density at radius 3 is 2.81 bits per heavy atom. The van der Waals surface area contributed by atoms with Crippen LogP contribution in [0, 0.1) is 5.95 Å². The standard InChI is InChI=1S/C12H12FNO2/c1-14-10-6-4-3-5-8(10)9(12(14)13)7-11(15)16-2/h3-6H,7H2,1-2H3. The Morgan fingerprint density at radius 1 is 1.44 bits per heavy atom.